The number of nitrogens with one attached hydrogen (secondary N) is 1. The Labute approximate surface area is 109 Å². The minimum absolute atomic E-state index is 0.0345. The molecule has 0 spiro atoms. The number of nitrogens with zero attached hydrogens (tertiary/aromatic N) is 1. The van der Waals surface area contributed by atoms with Crippen molar-refractivity contribution in [2.75, 3.05) is 13.1 Å². The summed E-state index contributed by atoms with van der Waals surface area (Å²) in [5.74, 6) is 1.13. The minimum Gasteiger partial charge on any atom is -0.344 e. The number of carbonyl (C=O) groups excluding carboxylic acids is 2. The molecule has 1 atom stereocenters. The number of carbonyl (C=O) groups is 2. The van der Waals surface area contributed by atoms with Crippen LogP contribution in [-0.2, 0) is 9.59 Å². The molecule has 1 unspecified atom stereocenters. The first-order chi connectivity index (χ1) is 8.65. The Balaban J connectivity index is 2.03. The van der Waals surface area contributed by atoms with E-state index < -0.39 is 0 Å². The maximum atomic E-state index is 12.5. The summed E-state index contributed by atoms with van der Waals surface area (Å²) in [5.41, 5.74) is 0. The number of rotatable bonds is 5. The van der Waals surface area contributed by atoms with Crippen LogP contribution in [-0.4, -0.2) is 35.8 Å². The summed E-state index contributed by atoms with van der Waals surface area (Å²) in [6, 6.07) is -0.241. The van der Waals surface area contributed by atoms with E-state index >= 15 is 0 Å². The Bertz CT molecular complexity index is 322. The molecule has 1 N–H and O–H groups in total. The molecule has 1 saturated heterocycles. The smallest absolute Gasteiger partial charge is 0.245 e. The summed E-state index contributed by atoms with van der Waals surface area (Å²) in [6.07, 6.45) is 4.80. The third-order valence-electron chi connectivity index (χ3n) is 4.23. The Kier molecular flexibility index (Phi) is 4.25. The van der Waals surface area contributed by atoms with Gasteiger partial charge in [-0.2, -0.15) is 0 Å². The minimum atomic E-state index is -0.241. The lowest BCUT2D eigenvalue weighted by molar-refractivity contribution is -0.134. The second-order valence-electron chi connectivity index (χ2n) is 5.60. The lowest BCUT2D eigenvalue weighted by atomic mass is 10.0. The van der Waals surface area contributed by atoms with E-state index in [1.54, 1.807) is 0 Å². The van der Waals surface area contributed by atoms with E-state index in [0.29, 0.717) is 24.8 Å². The molecule has 0 bridgehead atoms. The van der Waals surface area contributed by atoms with E-state index in [0.717, 1.165) is 32.2 Å². The predicted molar refractivity (Wildman–Crippen MR) is 69.9 cm³/mol. The van der Waals surface area contributed by atoms with Crippen molar-refractivity contribution in [3.63, 3.8) is 0 Å². The fourth-order valence-electron chi connectivity index (χ4n) is 2.64. The average molecular weight is 252 g/mol. The summed E-state index contributed by atoms with van der Waals surface area (Å²) < 4.78 is 0. The van der Waals surface area contributed by atoms with Crippen molar-refractivity contribution in [2.45, 2.75) is 52.0 Å². The van der Waals surface area contributed by atoms with Gasteiger partial charge in [-0.25, -0.2) is 0 Å². The number of amides is 2. The van der Waals surface area contributed by atoms with Gasteiger partial charge >= 0.3 is 0 Å². The number of hydrogen-bond donors (Lipinski definition) is 1. The molecule has 0 aromatic rings. The lowest BCUT2D eigenvalue weighted by Gasteiger charge is -2.27. The van der Waals surface area contributed by atoms with Crippen LogP contribution in [0.1, 0.15) is 46.0 Å². The van der Waals surface area contributed by atoms with Crippen LogP contribution in [0.2, 0.25) is 0 Å². The topological polar surface area (TPSA) is 49.4 Å². The molecule has 2 amide bonds. The molecular formula is C14H24N2O2. The average Bonchev–Trinajstić information content (AvgIpc) is 3.19. The zero-order chi connectivity index (χ0) is 13.1. The first kappa shape index (κ1) is 13.4. The van der Waals surface area contributed by atoms with Gasteiger partial charge in [0.15, 0.2) is 0 Å². The first-order valence-electron chi connectivity index (χ1n) is 7.23. The van der Waals surface area contributed by atoms with Crippen LogP contribution in [0, 0.1) is 11.8 Å². The Hall–Kier alpha value is -1.06. The Morgan fingerprint density at radius 2 is 1.94 bits per heavy atom. The van der Waals surface area contributed by atoms with E-state index in [4.69, 9.17) is 0 Å². The zero-order valence-corrected chi connectivity index (χ0v) is 11.4. The highest BCUT2D eigenvalue weighted by molar-refractivity contribution is 5.90. The molecule has 4 heteroatoms. The summed E-state index contributed by atoms with van der Waals surface area (Å²) >= 11 is 0. The van der Waals surface area contributed by atoms with Crippen molar-refractivity contribution in [2.24, 2.45) is 11.8 Å². The summed E-state index contributed by atoms with van der Waals surface area (Å²) in [7, 11) is 0. The van der Waals surface area contributed by atoms with Gasteiger partial charge in [-0.3, -0.25) is 9.59 Å². The van der Waals surface area contributed by atoms with Crippen molar-refractivity contribution < 1.29 is 9.59 Å². The van der Waals surface area contributed by atoms with Gasteiger partial charge in [-0.1, -0.05) is 26.7 Å². The van der Waals surface area contributed by atoms with Gasteiger partial charge in [-0.05, 0) is 24.7 Å². The van der Waals surface area contributed by atoms with E-state index in [-0.39, 0.29) is 17.9 Å². The second kappa shape index (κ2) is 5.72. The Morgan fingerprint density at radius 1 is 1.28 bits per heavy atom. The molecular weight excluding hydrogens is 228 g/mol. The highest BCUT2D eigenvalue weighted by Crippen LogP contribution is 2.34. The maximum absolute atomic E-state index is 12.5. The highest BCUT2D eigenvalue weighted by atomic mass is 16.2. The quantitative estimate of drug-likeness (QED) is 0.807. The fourth-order valence-corrected chi connectivity index (χ4v) is 2.64. The predicted octanol–water partition coefficient (Wildman–Crippen LogP) is 1.55. The molecule has 0 radical (unpaired) electrons. The fraction of sp³-hybridized carbons (Fsp3) is 0.857. The molecule has 1 aliphatic heterocycles. The first-order valence-corrected chi connectivity index (χ1v) is 7.23. The monoisotopic (exact) mass is 252 g/mol. The van der Waals surface area contributed by atoms with Crippen LogP contribution in [0.5, 0.6) is 0 Å². The highest BCUT2D eigenvalue weighted by Gasteiger charge is 2.41. The molecule has 102 valence electrons. The second-order valence-corrected chi connectivity index (χ2v) is 5.60. The molecule has 18 heavy (non-hydrogen) atoms. The summed E-state index contributed by atoms with van der Waals surface area (Å²) in [6.45, 7) is 5.73. The van der Waals surface area contributed by atoms with Gasteiger partial charge in [0.2, 0.25) is 11.8 Å². The van der Waals surface area contributed by atoms with Gasteiger partial charge in [0.1, 0.15) is 6.04 Å². The Morgan fingerprint density at radius 3 is 2.50 bits per heavy atom. The van der Waals surface area contributed by atoms with Gasteiger partial charge < -0.3 is 10.2 Å². The van der Waals surface area contributed by atoms with E-state index in [2.05, 4.69) is 19.2 Å². The number of hydrogen-bond acceptors (Lipinski definition) is 2. The zero-order valence-electron chi connectivity index (χ0n) is 11.4. The van der Waals surface area contributed by atoms with Gasteiger partial charge in [-0.15, -0.1) is 0 Å². The molecule has 1 aliphatic carbocycles. The molecule has 2 rings (SSSR count). The lowest BCUT2D eigenvalue weighted by Crippen LogP contribution is -2.47. The standard InChI is InChI=1S/C14H24N2O2/c1-3-10(4-2)9-16-8-7-12(17)15-13(14(16)18)11-5-6-11/h10-11,13H,3-9H2,1-2H3,(H,15,17). The van der Waals surface area contributed by atoms with E-state index in [1.807, 2.05) is 4.90 Å². The van der Waals surface area contributed by atoms with Crippen molar-refractivity contribution >= 4 is 11.8 Å². The van der Waals surface area contributed by atoms with E-state index in [9.17, 15) is 9.59 Å². The molecule has 0 aromatic heterocycles. The van der Waals surface area contributed by atoms with Crippen molar-refractivity contribution in [3.8, 4) is 0 Å². The van der Waals surface area contributed by atoms with Crippen LogP contribution >= 0.6 is 0 Å². The van der Waals surface area contributed by atoms with Crippen molar-refractivity contribution in [1.82, 2.24) is 10.2 Å². The molecule has 2 aliphatic rings. The third-order valence-corrected chi connectivity index (χ3v) is 4.23. The van der Waals surface area contributed by atoms with Crippen LogP contribution in [0.3, 0.4) is 0 Å². The van der Waals surface area contributed by atoms with Crippen LogP contribution in [0.25, 0.3) is 0 Å². The van der Waals surface area contributed by atoms with Crippen LogP contribution in [0.15, 0.2) is 0 Å². The molecule has 1 saturated carbocycles. The SMILES string of the molecule is CCC(CC)CN1CCC(=O)NC(C2CC2)C1=O. The van der Waals surface area contributed by atoms with Crippen molar-refractivity contribution in [3.05, 3.63) is 0 Å². The van der Waals surface area contributed by atoms with Crippen molar-refractivity contribution in [1.29, 1.82) is 0 Å². The summed E-state index contributed by atoms with van der Waals surface area (Å²) in [4.78, 5) is 26.0. The molecule has 0 aromatic carbocycles. The third kappa shape index (κ3) is 3.03. The molecule has 4 nitrogen and oxygen atoms in total. The van der Waals surface area contributed by atoms with Gasteiger partial charge in [0.25, 0.3) is 0 Å². The van der Waals surface area contributed by atoms with E-state index in [1.165, 1.54) is 0 Å². The molecule has 1 heterocycles. The molecule has 2 fully saturated rings. The normalized spacial score (nSPS) is 25.3. The largest absolute Gasteiger partial charge is 0.344 e. The maximum Gasteiger partial charge on any atom is 0.245 e. The van der Waals surface area contributed by atoms with Crippen LogP contribution in [0.4, 0.5) is 0 Å². The summed E-state index contributed by atoms with van der Waals surface area (Å²) in [5, 5.41) is 2.90. The van der Waals surface area contributed by atoms with Gasteiger partial charge in [0.05, 0.1) is 0 Å². The van der Waals surface area contributed by atoms with Crippen LogP contribution < -0.4 is 5.32 Å². The van der Waals surface area contributed by atoms with Gasteiger partial charge in [0, 0.05) is 19.5 Å².